The fourth-order valence-corrected chi connectivity index (χ4v) is 1.55. The molecule has 0 saturated carbocycles. The van der Waals surface area contributed by atoms with Crippen molar-refractivity contribution in [2.75, 3.05) is 0 Å². The Morgan fingerprint density at radius 1 is 1.47 bits per heavy atom. The van der Waals surface area contributed by atoms with Gasteiger partial charge in [-0.1, -0.05) is 20.8 Å². The molecule has 0 aromatic heterocycles. The van der Waals surface area contributed by atoms with Gasteiger partial charge in [-0.3, -0.25) is 10.1 Å². The number of nitrogens with two attached hydrogens (primary N) is 1. The van der Waals surface area contributed by atoms with Gasteiger partial charge in [0.15, 0.2) is 5.75 Å². The molecule has 6 nitrogen and oxygen atoms in total. The Morgan fingerprint density at radius 2 is 2.00 bits per heavy atom. The second-order valence-corrected chi connectivity index (χ2v) is 5.15. The zero-order valence-electron chi connectivity index (χ0n) is 10.9. The van der Waals surface area contributed by atoms with Crippen molar-refractivity contribution >= 4 is 18.1 Å². The van der Waals surface area contributed by atoms with Gasteiger partial charge in [-0.05, 0) is 11.5 Å². The van der Waals surface area contributed by atoms with E-state index in [0.29, 0.717) is 0 Å². The van der Waals surface area contributed by atoms with Crippen LogP contribution in [0.1, 0.15) is 37.9 Å². The Balaban J connectivity index is 0.00000324. The van der Waals surface area contributed by atoms with E-state index in [1.54, 1.807) is 0 Å². The molecule has 0 heterocycles. The number of hydrogen-bond acceptors (Lipinski definition) is 5. The Labute approximate surface area is 117 Å². The molecule has 0 saturated heterocycles. The quantitative estimate of drug-likeness (QED) is 0.640. The molecule has 0 bridgehead atoms. The fraction of sp³-hybridized carbons (Fsp3) is 0.417. The number of halogens is 1. The van der Waals surface area contributed by atoms with Crippen molar-refractivity contribution in [2.45, 2.75) is 26.8 Å². The van der Waals surface area contributed by atoms with Gasteiger partial charge in [0, 0.05) is 17.7 Å². The highest BCUT2D eigenvalue weighted by molar-refractivity contribution is 5.85. The zero-order chi connectivity index (χ0) is 14.1. The molecule has 0 aliphatic heterocycles. The topological polar surface area (TPSA) is 113 Å². The molecule has 0 amide bonds. The second-order valence-electron chi connectivity index (χ2n) is 5.15. The first kappa shape index (κ1) is 17.2. The molecule has 19 heavy (non-hydrogen) atoms. The summed E-state index contributed by atoms with van der Waals surface area (Å²) in [5.41, 5.74) is 5.41. The SMILES string of the molecule is CC(C)(C)[C@H](N)c1cc(C#N)cc([N+](=O)[O-])c1O.Cl. The fourth-order valence-electron chi connectivity index (χ4n) is 1.55. The van der Waals surface area contributed by atoms with Crippen LogP contribution in [0, 0.1) is 26.9 Å². The van der Waals surface area contributed by atoms with E-state index in [0.717, 1.165) is 6.07 Å². The van der Waals surface area contributed by atoms with Gasteiger partial charge in [0.2, 0.25) is 0 Å². The molecule has 0 aliphatic rings. The van der Waals surface area contributed by atoms with E-state index in [-0.39, 0.29) is 28.9 Å². The van der Waals surface area contributed by atoms with E-state index in [2.05, 4.69) is 0 Å². The lowest BCUT2D eigenvalue weighted by Gasteiger charge is -2.27. The third-order valence-corrected chi connectivity index (χ3v) is 2.71. The average Bonchev–Trinajstić information content (AvgIpc) is 2.26. The number of nitro groups is 1. The minimum Gasteiger partial charge on any atom is -0.502 e. The molecule has 1 aromatic rings. The summed E-state index contributed by atoms with van der Waals surface area (Å²) in [6, 6.07) is 3.64. The summed E-state index contributed by atoms with van der Waals surface area (Å²) in [7, 11) is 0. The molecule has 0 unspecified atom stereocenters. The minimum atomic E-state index is -0.727. The number of nitriles is 1. The van der Waals surface area contributed by atoms with Crippen LogP contribution in [0.5, 0.6) is 5.75 Å². The van der Waals surface area contributed by atoms with E-state index < -0.39 is 22.4 Å². The second kappa shape index (κ2) is 5.87. The molecule has 0 fully saturated rings. The molecule has 1 rings (SSSR count). The van der Waals surface area contributed by atoms with E-state index in [4.69, 9.17) is 11.0 Å². The van der Waals surface area contributed by atoms with Crippen LogP contribution in [0.2, 0.25) is 0 Å². The number of phenols is 1. The summed E-state index contributed by atoms with van der Waals surface area (Å²) >= 11 is 0. The van der Waals surface area contributed by atoms with E-state index >= 15 is 0 Å². The largest absolute Gasteiger partial charge is 0.502 e. The molecule has 0 aliphatic carbocycles. The average molecular weight is 286 g/mol. The van der Waals surface area contributed by atoms with Crippen LogP contribution in [-0.4, -0.2) is 10.0 Å². The summed E-state index contributed by atoms with van der Waals surface area (Å²) in [5.74, 6) is -0.471. The number of nitrogens with zero attached hydrogens (tertiary/aromatic N) is 2. The molecule has 104 valence electrons. The Hall–Kier alpha value is -1.84. The van der Waals surface area contributed by atoms with Crippen molar-refractivity contribution in [3.05, 3.63) is 33.4 Å². The smallest absolute Gasteiger partial charge is 0.312 e. The Kier molecular flexibility index (Phi) is 5.30. The van der Waals surface area contributed by atoms with Gasteiger partial charge in [0.05, 0.1) is 16.6 Å². The molecule has 0 radical (unpaired) electrons. The predicted molar refractivity (Wildman–Crippen MR) is 73.1 cm³/mol. The van der Waals surface area contributed by atoms with Gasteiger partial charge >= 0.3 is 5.69 Å². The molecule has 0 spiro atoms. The highest BCUT2D eigenvalue weighted by Gasteiger charge is 2.29. The summed E-state index contributed by atoms with van der Waals surface area (Å²) in [4.78, 5) is 10.1. The van der Waals surface area contributed by atoms with Gasteiger partial charge in [0.1, 0.15) is 0 Å². The molecule has 1 atom stereocenters. The lowest BCUT2D eigenvalue weighted by atomic mass is 9.82. The van der Waals surface area contributed by atoms with Crippen LogP contribution in [0.4, 0.5) is 5.69 Å². The number of hydrogen-bond donors (Lipinski definition) is 2. The van der Waals surface area contributed by atoms with E-state index in [9.17, 15) is 15.2 Å². The van der Waals surface area contributed by atoms with Crippen molar-refractivity contribution in [1.29, 1.82) is 5.26 Å². The van der Waals surface area contributed by atoms with Gasteiger partial charge in [0.25, 0.3) is 0 Å². The predicted octanol–water partition coefficient (Wildman–Crippen LogP) is 2.64. The highest BCUT2D eigenvalue weighted by Crippen LogP contribution is 2.40. The van der Waals surface area contributed by atoms with Gasteiger partial charge in [-0.2, -0.15) is 5.26 Å². The number of nitro benzene ring substituents is 1. The zero-order valence-corrected chi connectivity index (χ0v) is 11.7. The summed E-state index contributed by atoms with van der Waals surface area (Å²) < 4.78 is 0. The Morgan fingerprint density at radius 3 is 2.37 bits per heavy atom. The van der Waals surface area contributed by atoms with E-state index in [1.165, 1.54) is 6.07 Å². The number of phenolic OH excluding ortho intramolecular Hbond substituents is 1. The minimum absolute atomic E-state index is 0. The van der Waals surface area contributed by atoms with Crippen molar-refractivity contribution in [2.24, 2.45) is 11.1 Å². The number of benzene rings is 1. The molecule has 7 heteroatoms. The van der Waals surface area contributed by atoms with Crippen LogP contribution in [-0.2, 0) is 0 Å². The van der Waals surface area contributed by atoms with Crippen LogP contribution >= 0.6 is 12.4 Å². The summed E-state index contributed by atoms with van der Waals surface area (Å²) in [6.45, 7) is 5.55. The third kappa shape index (κ3) is 3.56. The van der Waals surface area contributed by atoms with Gasteiger partial charge in [-0.15, -0.1) is 12.4 Å². The van der Waals surface area contributed by atoms with Crippen molar-refractivity contribution in [1.82, 2.24) is 0 Å². The van der Waals surface area contributed by atoms with Crippen molar-refractivity contribution < 1.29 is 10.0 Å². The molecular formula is C12H16ClN3O3. The van der Waals surface area contributed by atoms with E-state index in [1.807, 2.05) is 26.8 Å². The van der Waals surface area contributed by atoms with Crippen LogP contribution in [0.15, 0.2) is 12.1 Å². The standard InChI is InChI=1S/C12H15N3O3.ClH/c1-12(2,3)11(14)8-4-7(6-13)5-9(10(8)16)15(17)18;/h4-5,11,16H,14H2,1-3H3;1H/t11-;/m1./s1. The monoisotopic (exact) mass is 285 g/mol. The first-order valence-electron chi connectivity index (χ1n) is 5.35. The Bertz CT molecular complexity index is 532. The molecule has 3 N–H and O–H groups in total. The van der Waals surface area contributed by atoms with Gasteiger partial charge < -0.3 is 10.8 Å². The lowest BCUT2D eigenvalue weighted by molar-refractivity contribution is -0.386. The maximum atomic E-state index is 10.8. The van der Waals surface area contributed by atoms with Crippen LogP contribution < -0.4 is 5.73 Å². The first-order valence-corrected chi connectivity index (χ1v) is 5.35. The molecular weight excluding hydrogens is 270 g/mol. The van der Waals surface area contributed by atoms with Gasteiger partial charge in [-0.25, -0.2) is 0 Å². The van der Waals surface area contributed by atoms with Crippen molar-refractivity contribution in [3.63, 3.8) is 0 Å². The summed E-state index contributed by atoms with van der Waals surface area (Å²) in [5, 5.41) is 29.5. The number of aromatic hydroxyl groups is 1. The highest BCUT2D eigenvalue weighted by atomic mass is 35.5. The summed E-state index contributed by atoms with van der Waals surface area (Å²) in [6.07, 6.45) is 0. The number of rotatable bonds is 2. The van der Waals surface area contributed by atoms with Crippen molar-refractivity contribution in [3.8, 4) is 11.8 Å². The maximum absolute atomic E-state index is 10.8. The maximum Gasteiger partial charge on any atom is 0.312 e. The first-order chi connectivity index (χ1) is 8.18. The normalized spacial score (nSPS) is 12.2. The van der Waals surface area contributed by atoms with Crippen LogP contribution in [0.3, 0.4) is 0 Å². The van der Waals surface area contributed by atoms with Crippen LogP contribution in [0.25, 0.3) is 0 Å². The lowest BCUT2D eigenvalue weighted by Crippen LogP contribution is -2.26. The third-order valence-electron chi connectivity index (χ3n) is 2.71. The molecule has 1 aromatic carbocycles.